The fourth-order valence-electron chi connectivity index (χ4n) is 1.47. The highest BCUT2D eigenvalue weighted by Gasteiger charge is 2.29. The lowest BCUT2D eigenvalue weighted by atomic mass is 9.81. The zero-order valence-corrected chi connectivity index (χ0v) is 10.5. The molecule has 0 saturated heterocycles. The number of hydrogen-bond acceptors (Lipinski definition) is 3. The third-order valence-corrected chi connectivity index (χ3v) is 2.22. The van der Waals surface area contributed by atoms with E-state index in [1.807, 2.05) is 34.6 Å². The maximum absolute atomic E-state index is 11.8. The lowest BCUT2D eigenvalue weighted by Gasteiger charge is -2.24. The van der Waals surface area contributed by atoms with Crippen LogP contribution in [0.25, 0.3) is 0 Å². The van der Waals surface area contributed by atoms with Crippen molar-refractivity contribution in [2.75, 3.05) is 0 Å². The highest BCUT2D eigenvalue weighted by atomic mass is 16.5. The zero-order valence-electron chi connectivity index (χ0n) is 10.5. The minimum Gasteiger partial charge on any atom is -0.487 e. The minimum absolute atomic E-state index is 0.104. The summed E-state index contributed by atoms with van der Waals surface area (Å²) in [4.78, 5) is 23.5. The van der Waals surface area contributed by atoms with Gasteiger partial charge in [0.05, 0.1) is 6.10 Å². The average molecular weight is 222 g/mol. The zero-order chi connectivity index (χ0) is 12.5. The molecule has 0 aromatic heterocycles. The van der Waals surface area contributed by atoms with Gasteiger partial charge in [-0.3, -0.25) is 9.59 Å². The summed E-state index contributed by atoms with van der Waals surface area (Å²) in [5, 5.41) is 0. The third kappa shape index (κ3) is 2.81. The summed E-state index contributed by atoms with van der Waals surface area (Å²) in [7, 11) is 0. The van der Waals surface area contributed by atoms with Gasteiger partial charge in [-0.05, 0) is 25.3 Å². The number of allylic oxidation sites excluding steroid dienone is 3. The third-order valence-electron chi connectivity index (χ3n) is 2.22. The summed E-state index contributed by atoms with van der Waals surface area (Å²) >= 11 is 0. The molecule has 0 bridgehead atoms. The van der Waals surface area contributed by atoms with Gasteiger partial charge < -0.3 is 4.74 Å². The van der Waals surface area contributed by atoms with E-state index in [9.17, 15) is 9.59 Å². The first-order valence-corrected chi connectivity index (χ1v) is 5.41. The molecular formula is C13H18O3. The molecule has 0 saturated carbocycles. The van der Waals surface area contributed by atoms with Crippen molar-refractivity contribution in [1.29, 1.82) is 0 Å². The van der Waals surface area contributed by atoms with Crippen LogP contribution in [0.2, 0.25) is 0 Å². The Bertz CT molecular complexity index is 378. The van der Waals surface area contributed by atoms with E-state index in [0.717, 1.165) is 0 Å². The van der Waals surface area contributed by atoms with E-state index in [2.05, 4.69) is 0 Å². The molecule has 0 fully saturated rings. The quantitative estimate of drug-likeness (QED) is 0.674. The highest BCUT2D eigenvalue weighted by molar-refractivity contribution is 6.19. The van der Waals surface area contributed by atoms with Crippen LogP contribution < -0.4 is 0 Å². The fraction of sp³-hybridized carbons (Fsp3) is 0.538. The summed E-state index contributed by atoms with van der Waals surface area (Å²) in [5.41, 5.74) is 0.223. The fourth-order valence-corrected chi connectivity index (χ4v) is 1.47. The van der Waals surface area contributed by atoms with E-state index in [0.29, 0.717) is 5.57 Å². The van der Waals surface area contributed by atoms with Gasteiger partial charge in [0.2, 0.25) is 5.78 Å². The maximum Gasteiger partial charge on any atom is 0.220 e. The predicted octanol–water partition coefficient (Wildman–Crippen LogP) is 2.42. The molecule has 1 aliphatic carbocycles. The highest BCUT2D eigenvalue weighted by Crippen LogP contribution is 2.29. The molecule has 1 rings (SSSR count). The molecule has 0 spiro atoms. The smallest absolute Gasteiger partial charge is 0.220 e. The number of carbonyl (C=O) groups is 2. The number of rotatable bonds is 2. The summed E-state index contributed by atoms with van der Waals surface area (Å²) < 4.78 is 5.28. The Morgan fingerprint density at radius 3 is 2.06 bits per heavy atom. The molecule has 1 aliphatic rings. The Morgan fingerprint density at radius 2 is 1.62 bits per heavy atom. The van der Waals surface area contributed by atoms with Crippen LogP contribution in [0.15, 0.2) is 23.5 Å². The van der Waals surface area contributed by atoms with Crippen LogP contribution >= 0.6 is 0 Å². The summed E-state index contributed by atoms with van der Waals surface area (Å²) in [5.74, 6) is -0.214. The van der Waals surface area contributed by atoms with Gasteiger partial charge in [0, 0.05) is 11.6 Å². The van der Waals surface area contributed by atoms with Crippen molar-refractivity contribution in [2.45, 2.75) is 40.7 Å². The molecule has 16 heavy (non-hydrogen) atoms. The van der Waals surface area contributed by atoms with Gasteiger partial charge >= 0.3 is 0 Å². The van der Waals surface area contributed by atoms with Gasteiger partial charge in [-0.15, -0.1) is 0 Å². The van der Waals surface area contributed by atoms with Crippen molar-refractivity contribution in [3.8, 4) is 0 Å². The molecule has 0 radical (unpaired) electrons. The topological polar surface area (TPSA) is 43.4 Å². The Hall–Kier alpha value is -1.38. The normalized spacial score (nSPS) is 17.4. The predicted molar refractivity (Wildman–Crippen MR) is 61.9 cm³/mol. The molecule has 0 N–H and O–H groups in total. The number of carbonyl (C=O) groups excluding carboxylic acids is 2. The van der Waals surface area contributed by atoms with Gasteiger partial charge in [0.15, 0.2) is 11.5 Å². The van der Waals surface area contributed by atoms with Crippen molar-refractivity contribution in [3.05, 3.63) is 23.5 Å². The van der Waals surface area contributed by atoms with Gasteiger partial charge in [0.1, 0.15) is 0 Å². The molecule has 0 aromatic rings. The van der Waals surface area contributed by atoms with Crippen LogP contribution in [0.3, 0.4) is 0 Å². The average Bonchev–Trinajstić information content (AvgIpc) is 2.07. The molecule has 0 aromatic carbocycles. The minimum atomic E-state index is -0.313. The Morgan fingerprint density at radius 1 is 1.06 bits per heavy atom. The standard InChI is InChI=1S/C13H18O3/c1-8(2)16-12-7-10(14)9(6-11(12)15)13(3,4)5/h6-8H,1-5H3. The van der Waals surface area contributed by atoms with Crippen molar-refractivity contribution in [3.63, 3.8) is 0 Å². The van der Waals surface area contributed by atoms with Gasteiger partial charge in [-0.25, -0.2) is 0 Å². The molecule has 3 heteroatoms. The molecule has 0 unspecified atom stereocenters. The first kappa shape index (κ1) is 12.7. The molecule has 3 nitrogen and oxygen atoms in total. The molecular weight excluding hydrogens is 204 g/mol. The lowest BCUT2D eigenvalue weighted by molar-refractivity contribution is -0.118. The van der Waals surface area contributed by atoms with Crippen molar-refractivity contribution >= 4 is 11.6 Å². The number of ketones is 2. The largest absolute Gasteiger partial charge is 0.487 e. The molecule has 0 atom stereocenters. The monoisotopic (exact) mass is 222 g/mol. The van der Waals surface area contributed by atoms with Crippen molar-refractivity contribution in [1.82, 2.24) is 0 Å². The van der Waals surface area contributed by atoms with Crippen LogP contribution in [0.4, 0.5) is 0 Å². The van der Waals surface area contributed by atoms with E-state index in [4.69, 9.17) is 4.74 Å². The second kappa shape index (κ2) is 4.24. The van der Waals surface area contributed by atoms with E-state index in [1.54, 1.807) is 0 Å². The van der Waals surface area contributed by atoms with Crippen LogP contribution in [-0.2, 0) is 14.3 Å². The molecule has 0 heterocycles. The first-order chi connectivity index (χ1) is 7.21. The van der Waals surface area contributed by atoms with Crippen LogP contribution in [0, 0.1) is 5.41 Å². The first-order valence-electron chi connectivity index (χ1n) is 5.41. The summed E-state index contributed by atoms with van der Waals surface area (Å²) in [6.45, 7) is 9.37. The van der Waals surface area contributed by atoms with Crippen LogP contribution in [-0.4, -0.2) is 17.7 Å². The van der Waals surface area contributed by atoms with Crippen molar-refractivity contribution < 1.29 is 14.3 Å². The molecule has 0 aliphatic heterocycles. The maximum atomic E-state index is 11.8. The van der Waals surface area contributed by atoms with Gasteiger partial charge in [-0.2, -0.15) is 0 Å². The second-order valence-corrected chi connectivity index (χ2v) is 5.21. The van der Waals surface area contributed by atoms with E-state index in [-0.39, 0.29) is 28.8 Å². The second-order valence-electron chi connectivity index (χ2n) is 5.21. The van der Waals surface area contributed by atoms with Gasteiger partial charge in [-0.1, -0.05) is 20.8 Å². The SMILES string of the molecule is CC(C)OC1=CC(=O)C(C(C)(C)C)=CC1=O. The van der Waals surface area contributed by atoms with E-state index in [1.165, 1.54) is 12.2 Å². The molecule has 88 valence electrons. The van der Waals surface area contributed by atoms with E-state index < -0.39 is 0 Å². The summed E-state index contributed by atoms with van der Waals surface area (Å²) in [6.07, 6.45) is 2.58. The number of ether oxygens (including phenoxy) is 1. The van der Waals surface area contributed by atoms with E-state index >= 15 is 0 Å². The Balaban J connectivity index is 2.97. The number of hydrogen-bond donors (Lipinski definition) is 0. The Labute approximate surface area is 96.2 Å². The van der Waals surface area contributed by atoms with Crippen LogP contribution in [0.5, 0.6) is 0 Å². The summed E-state index contributed by atoms with van der Waals surface area (Å²) in [6, 6.07) is 0. The van der Waals surface area contributed by atoms with Crippen molar-refractivity contribution in [2.24, 2.45) is 5.41 Å². The Kier molecular flexibility index (Phi) is 3.36. The van der Waals surface area contributed by atoms with Gasteiger partial charge in [0.25, 0.3) is 0 Å². The lowest BCUT2D eigenvalue weighted by Crippen LogP contribution is -2.24. The van der Waals surface area contributed by atoms with Crippen LogP contribution in [0.1, 0.15) is 34.6 Å². The molecule has 0 amide bonds.